The molecule has 1 aliphatic heterocycles. The number of cyclic esters (lactones) is 2. The number of aromatic nitrogens is 4. The van der Waals surface area contributed by atoms with Gasteiger partial charge in [-0.15, -0.1) is 0 Å². The van der Waals surface area contributed by atoms with Crippen molar-refractivity contribution in [2.24, 2.45) is 5.92 Å². The average molecular weight is 379 g/mol. The SMILES string of the molecule is CC1(C)OC(=O)C(CCn2cnc3nc(N)nc(Cl)c32)C(=O)O1.[K]. The number of halogens is 1. The van der Waals surface area contributed by atoms with E-state index in [0.717, 1.165) is 0 Å². The number of carbonyl (C=O) groups excluding carboxylic acids is 2. The maximum Gasteiger partial charge on any atom is 0.323 e. The Balaban J connectivity index is 0.00000208. The molecule has 0 saturated carbocycles. The van der Waals surface area contributed by atoms with Crippen LogP contribution in [0, 0.1) is 5.92 Å². The van der Waals surface area contributed by atoms with Gasteiger partial charge in [0, 0.05) is 71.8 Å². The van der Waals surface area contributed by atoms with Crippen LogP contribution >= 0.6 is 11.6 Å². The van der Waals surface area contributed by atoms with Gasteiger partial charge in [-0.1, -0.05) is 11.6 Å². The Kier molecular flexibility index (Phi) is 5.88. The zero-order valence-corrected chi connectivity index (χ0v) is 17.3. The van der Waals surface area contributed by atoms with Crippen LogP contribution in [0.15, 0.2) is 6.33 Å². The minimum absolute atomic E-state index is 0. The standard InChI is InChI=1S/C13H14ClN5O4.K/c1-13(2)22-10(20)6(11(21)23-13)3-4-19-5-16-9-7(19)8(14)17-12(15)18-9;/h5-6H,3-4H2,1-2H3,(H2,15,17,18);. The van der Waals surface area contributed by atoms with Gasteiger partial charge in [0.1, 0.15) is 5.52 Å². The van der Waals surface area contributed by atoms with E-state index in [0.29, 0.717) is 17.7 Å². The number of hydrogen-bond acceptors (Lipinski definition) is 8. The molecule has 0 spiro atoms. The van der Waals surface area contributed by atoms with E-state index in [4.69, 9.17) is 26.8 Å². The van der Waals surface area contributed by atoms with Crippen LogP contribution in [0.3, 0.4) is 0 Å². The van der Waals surface area contributed by atoms with E-state index < -0.39 is 23.6 Å². The van der Waals surface area contributed by atoms with E-state index in [1.54, 1.807) is 4.57 Å². The number of imidazole rings is 1. The van der Waals surface area contributed by atoms with Crippen LogP contribution in [0.2, 0.25) is 5.15 Å². The molecule has 1 fully saturated rings. The van der Waals surface area contributed by atoms with Crippen molar-refractivity contribution in [3.05, 3.63) is 11.5 Å². The molecule has 1 aliphatic rings. The first-order chi connectivity index (χ1) is 10.8. The van der Waals surface area contributed by atoms with E-state index in [1.165, 1.54) is 20.2 Å². The van der Waals surface area contributed by atoms with Crippen molar-refractivity contribution in [1.82, 2.24) is 19.5 Å². The van der Waals surface area contributed by atoms with Gasteiger partial charge >= 0.3 is 11.9 Å². The number of aryl methyl sites for hydroxylation is 1. The molecule has 0 atom stereocenters. The van der Waals surface area contributed by atoms with Crippen LogP contribution in [0.4, 0.5) is 5.95 Å². The second-order valence-corrected chi connectivity index (χ2v) is 5.92. The summed E-state index contributed by atoms with van der Waals surface area (Å²) in [6.07, 6.45) is 1.67. The molecule has 3 rings (SSSR count). The molecular formula is C13H14ClKN5O4. The molecule has 0 amide bonds. The van der Waals surface area contributed by atoms with E-state index in [1.807, 2.05) is 0 Å². The van der Waals surface area contributed by atoms with Crippen LogP contribution < -0.4 is 5.73 Å². The minimum Gasteiger partial charge on any atom is -0.422 e. The molecule has 0 aromatic carbocycles. The van der Waals surface area contributed by atoms with Crippen LogP contribution in [0.5, 0.6) is 0 Å². The van der Waals surface area contributed by atoms with E-state index in [9.17, 15) is 9.59 Å². The number of hydrogen-bond donors (Lipinski definition) is 1. The Morgan fingerprint density at radius 1 is 1.29 bits per heavy atom. The normalized spacial score (nSPS) is 17.3. The summed E-state index contributed by atoms with van der Waals surface area (Å²) in [7, 11) is 0. The first-order valence-corrected chi connectivity index (χ1v) is 7.24. The fraction of sp³-hybridized carbons (Fsp3) is 0.462. The fourth-order valence-corrected chi connectivity index (χ4v) is 2.65. The second kappa shape index (κ2) is 7.22. The van der Waals surface area contributed by atoms with Gasteiger partial charge in [0.2, 0.25) is 5.95 Å². The molecule has 123 valence electrons. The summed E-state index contributed by atoms with van der Waals surface area (Å²) in [5.74, 6) is -3.42. The van der Waals surface area contributed by atoms with E-state index in [2.05, 4.69) is 15.0 Å². The first-order valence-electron chi connectivity index (χ1n) is 6.86. The monoisotopic (exact) mass is 378 g/mol. The smallest absolute Gasteiger partial charge is 0.323 e. The molecule has 2 aromatic heterocycles. The van der Waals surface area contributed by atoms with Crippen molar-refractivity contribution in [1.29, 1.82) is 0 Å². The van der Waals surface area contributed by atoms with Gasteiger partial charge in [-0.05, 0) is 6.42 Å². The number of nitrogen functional groups attached to an aromatic ring is 1. The molecule has 0 aliphatic carbocycles. The van der Waals surface area contributed by atoms with Gasteiger partial charge in [0.25, 0.3) is 5.79 Å². The third-order valence-electron chi connectivity index (χ3n) is 3.37. The number of rotatable bonds is 3. The molecule has 2 N–H and O–H groups in total. The molecule has 0 bridgehead atoms. The van der Waals surface area contributed by atoms with Gasteiger partial charge in [0.05, 0.1) is 6.33 Å². The quantitative estimate of drug-likeness (QED) is 0.355. The molecule has 1 radical (unpaired) electrons. The Morgan fingerprint density at radius 3 is 2.54 bits per heavy atom. The van der Waals surface area contributed by atoms with Gasteiger partial charge in [-0.3, -0.25) is 9.59 Å². The van der Waals surface area contributed by atoms with Crippen molar-refractivity contribution in [2.45, 2.75) is 32.6 Å². The van der Waals surface area contributed by atoms with E-state index >= 15 is 0 Å². The largest absolute Gasteiger partial charge is 0.422 e. The summed E-state index contributed by atoms with van der Waals surface area (Å²) in [5, 5.41) is 0.153. The van der Waals surface area contributed by atoms with Crippen LogP contribution in [0.25, 0.3) is 11.2 Å². The minimum atomic E-state index is -1.24. The molecule has 2 aromatic rings. The first kappa shape index (κ1) is 19.5. The third-order valence-corrected chi connectivity index (χ3v) is 3.63. The Bertz CT molecular complexity index is 789. The van der Waals surface area contributed by atoms with Crippen molar-refractivity contribution in [3.8, 4) is 0 Å². The number of fused-ring (bicyclic) bond motifs is 1. The molecule has 3 heterocycles. The van der Waals surface area contributed by atoms with Crippen LogP contribution in [0.1, 0.15) is 20.3 Å². The predicted molar refractivity (Wildman–Crippen MR) is 84.9 cm³/mol. The van der Waals surface area contributed by atoms with Crippen molar-refractivity contribution in [3.63, 3.8) is 0 Å². The van der Waals surface area contributed by atoms with Crippen molar-refractivity contribution < 1.29 is 19.1 Å². The van der Waals surface area contributed by atoms with Gasteiger partial charge in [-0.25, -0.2) is 4.98 Å². The van der Waals surface area contributed by atoms with Crippen LogP contribution in [-0.4, -0.2) is 88.6 Å². The summed E-state index contributed by atoms with van der Waals surface area (Å²) in [6.45, 7) is 3.30. The predicted octanol–water partition coefficient (Wildman–Crippen LogP) is 0.524. The fourth-order valence-electron chi connectivity index (χ4n) is 2.37. The molecule has 24 heavy (non-hydrogen) atoms. The Morgan fingerprint density at radius 2 is 1.92 bits per heavy atom. The van der Waals surface area contributed by atoms with Crippen molar-refractivity contribution in [2.75, 3.05) is 5.73 Å². The van der Waals surface area contributed by atoms with Gasteiger partial charge < -0.3 is 19.8 Å². The van der Waals surface area contributed by atoms with Gasteiger partial charge in [0.15, 0.2) is 16.7 Å². The third kappa shape index (κ3) is 3.89. The molecule has 11 heteroatoms. The maximum atomic E-state index is 11.9. The Labute approximate surface area is 184 Å². The maximum absolute atomic E-state index is 11.9. The summed E-state index contributed by atoms with van der Waals surface area (Å²) in [6, 6.07) is 0. The van der Waals surface area contributed by atoms with Crippen LogP contribution in [-0.2, 0) is 25.6 Å². The topological polar surface area (TPSA) is 122 Å². The number of esters is 2. The zero-order valence-electron chi connectivity index (χ0n) is 13.4. The molecule has 0 unspecified atom stereocenters. The molecule has 1 saturated heterocycles. The second-order valence-electron chi connectivity index (χ2n) is 5.57. The number of ether oxygens (including phenoxy) is 2. The summed E-state index contributed by atoms with van der Waals surface area (Å²) < 4.78 is 11.8. The van der Waals surface area contributed by atoms with Crippen molar-refractivity contribution >= 4 is 92.0 Å². The summed E-state index contributed by atoms with van der Waals surface area (Å²) >= 11 is 6.05. The van der Waals surface area contributed by atoms with E-state index in [-0.39, 0.29) is 68.9 Å². The summed E-state index contributed by atoms with van der Waals surface area (Å²) in [4.78, 5) is 35.8. The van der Waals surface area contributed by atoms with Gasteiger partial charge in [-0.2, -0.15) is 9.97 Å². The number of anilines is 1. The number of nitrogens with zero attached hydrogens (tertiary/aromatic N) is 4. The number of nitrogens with two attached hydrogens (primary N) is 1. The molecule has 9 nitrogen and oxygen atoms in total. The average Bonchev–Trinajstić information content (AvgIpc) is 2.79. The Hall–Kier alpha value is -0.784. The number of carbonyl (C=O) groups is 2. The molecular weight excluding hydrogens is 365 g/mol. The zero-order chi connectivity index (χ0) is 16.8. The summed E-state index contributed by atoms with van der Waals surface area (Å²) in [5.41, 5.74) is 6.34.